The summed E-state index contributed by atoms with van der Waals surface area (Å²) in [5.41, 5.74) is 8.49. The lowest BCUT2D eigenvalue weighted by Crippen LogP contribution is -2.01. The van der Waals surface area contributed by atoms with Crippen molar-refractivity contribution in [1.29, 1.82) is 0 Å². The van der Waals surface area contributed by atoms with E-state index < -0.39 is 0 Å². The first kappa shape index (κ1) is 36.5. The summed E-state index contributed by atoms with van der Waals surface area (Å²) in [7, 11) is 0. The summed E-state index contributed by atoms with van der Waals surface area (Å²) in [6, 6.07) is 74.5. The Morgan fingerprint density at radius 1 is 0.292 bits per heavy atom. The summed E-state index contributed by atoms with van der Waals surface area (Å²) in [5, 5.41) is 12.3. The average Bonchev–Trinajstić information content (AvgIpc) is 4.03. The molecule has 14 aromatic rings. The maximum atomic E-state index is 5.41. The van der Waals surface area contributed by atoms with Crippen molar-refractivity contribution >= 4 is 106 Å². The van der Waals surface area contributed by atoms with Crippen LogP contribution in [0, 0.1) is 0 Å². The van der Waals surface area contributed by atoms with E-state index in [1.54, 1.807) is 11.3 Å². The largest absolute Gasteiger partial charge is 0.309 e. The highest BCUT2D eigenvalue weighted by Crippen LogP contribution is 2.45. The Kier molecular flexibility index (Phi) is 7.99. The first-order valence-corrected chi connectivity index (χ1v) is 23.5. The molecule has 0 aliphatic carbocycles. The number of thiophene rings is 2. The number of hydrogen-bond acceptors (Lipinski definition) is 5. The number of hydrogen-bond donors (Lipinski definition) is 0. The molecule has 0 atom stereocenters. The zero-order valence-electron chi connectivity index (χ0n) is 34.7. The lowest BCUT2D eigenvalue weighted by molar-refractivity contribution is 1.07. The zero-order valence-corrected chi connectivity index (χ0v) is 36.4. The quantitative estimate of drug-likeness (QED) is 0.173. The van der Waals surface area contributed by atoms with Gasteiger partial charge in [-0.2, -0.15) is 0 Å². The summed E-state index contributed by atoms with van der Waals surface area (Å²) < 4.78 is 7.38. The van der Waals surface area contributed by atoms with Crippen LogP contribution in [-0.4, -0.2) is 19.5 Å². The van der Waals surface area contributed by atoms with Crippen LogP contribution in [0.25, 0.3) is 135 Å². The van der Waals surface area contributed by atoms with Gasteiger partial charge < -0.3 is 4.57 Å². The summed E-state index contributed by atoms with van der Waals surface area (Å²) in [4.78, 5) is 16.1. The highest BCUT2D eigenvalue weighted by molar-refractivity contribution is 7.26. The second-order valence-electron chi connectivity index (χ2n) is 16.8. The lowest BCUT2D eigenvalue weighted by Gasteiger charge is -2.14. The van der Waals surface area contributed by atoms with E-state index in [1.807, 2.05) is 11.3 Å². The van der Waals surface area contributed by atoms with Crippen molar-refractivity contribution in [2.45, 2.75) is 0 Å². The van der Waals surface area contributed by atoms with E-state index in [4.69, 9.17) is 15.0 Å². The Morgan fingerprint density at radius 2 is 0.846 bits per heavy atom. The molecule has 4 heterocycles. The number of aromatic nitrogens is 4. The lowest BCUT2D eigenvalue weighted by atomic mass is 10.0. The van der Waals surface area contributed by atoms with E-state index >= 15 is 0 Å². The van der Waals surface area contributed by atoms with Gasteiger partial charge in [-0.25, -0.2) is 15.0 Å². The van der Waals surface area contributed by atoms with E-state index in [2.05, 4.69) is 211 Å². The third-order valence-electron chi connectivity index (χ3n) is 13.0. The highest BCUT2D eigenvalue weighted by atomic mass is 32.1. The first-order chi connectivity index (χ1) is 32.2. The zero-order chi connectivity index (χ0) is 42.6. The summed E-state index contributed by atoms with van der Waals surface area (Å²) in [5.74, 6) is 1.90. The highest BCUT2D eigenvalue weighted by Gasteiger charge is 2.22. The molecule has 0 saturated carbocycles. The molecular formula is C59H34N4S2. The molecule has 0 aliphatic heterocycles. The van der Waals surface area contributed by atoms with Gasteiger partial charge in [-0.1, -0.05) is 146 Å². The van der Waals surface area contributed by atoms with Gasteiger partial charge in [-0.3, -0.25) is 0 Å². The SMILES string of the molecule is c1ccc(-c2cccc(-c3nc(-c4ccc5c(c4)sc4ccccc45)nc(-c4cc(-n5c6ccccc6c6cc7ccccc7cc65)c5c(c4)sc4cc6ccccc6cc45)n3)c2)cc1. The van der Waals surface area contributed by atoms with Crippen LogP contribution < -0.4 is 0 Å². The molecule has 4 nitrogen and oxygen atoms in total. The Hall–Kier alpha value is -8.03. The van der Waals surface area contributed by atoms with E-state index in [0.29, 0.717) is 17.5 Å². The van der Waals surface area contributed by atoms with Crippen LogP contribution in [0.3, 0.4) is 0 Å². The summed E-state index contributed by atoms with van der Waals surface area (Å²) >= 11 is 3.64. The molecule has 0 radical (unpaired) electrons. The second-order valence-corrected chi connectivity index (χ2v) is 19.0. The molecule has 0 N–H and O–H groups in total. The van der Waals surface area contributed by atoms with Crippen molar-refractivity contribution in [3.05, 3.63) is 206 Å². The van der Waals surface area contributed by atoms with Crippen molar-refractivity contribution < 1.29 is 0 Å². The topological polar surface area (TPSA) is 43.6 Å². The maximum absolute atomic E-state index is 5.41. The molecule has 0 amide bonds. The van der Waals surface area contributed by atoms with Crippen LogP contribution in [-0.2, 0) is 0 Å². The molecule has 4 aromatic heterocycles. The van der Waals surface area contributed by atoms with Gasteiger partial charge in [0, 0.05) is 67.8 Å². The molecule has 14 rings (SSSR count). The number of para-hydroxylation sites is 1. The minimum absolute atomic E-state index is 0.628. The molecule has 0 spiro atoms. The normalized spacial score (nSPS) is 12.0. The number of fused-ring (bicyclic) bond motifs is 11. The minimum atomic E-state index is 0.628. The van der Waals surface area contributed by atoms with Crippen LogP contribution in [0.1, 0.15) is 0 Å². The standard InChI is InChI=1S/C59H34N4S2/c1-2-13-35(14-3-1)36-19-12-20-41(27-36)57-60-58(42-25-26-46-45-22-9-11-24-52(45)64-53(46)33-42)62-59(61-57)43-31-51(56-48-29-38-16-5-7-18-40(38)32-54(48)65-55(56)34-43)63-49-23-10-8-21-44(49)47-28-37-15-4-6-17-39(37)30-50(47)63/h1-34H. The fourth-order valence-corrected chi connectivity index (χ4v) is 12.2. The molecule has 302 valence electrons. The van der Waals surface area contributed by atoms with Crippen LogP contribution in [0.5, 0.6) is 0 Å². The van der Waals surface area contributed by atoms with Gasteiger partial charge >= 0.3 is 0 Å². The maximum Gasteiger partial charge on any atom is 0.164 e. The Bertz CT molecular complexity index is 4250. The predicted octanol–water partition coefficient (Wildman–Crippen LogP) is 16.7. The Morgan fingerprint density at radius 3 is 1.65 bits per heavy atom. The van der Waals surface area contributed by atoms with Crippen molar-refractivity contribution in [2.24, 2.45) is 0 Å². The van der Waals surface area contributed by atoms with Gasteiger partial charge in [0.05, 0.1) is 16.7 Å². The van der Waals surface area contributed by atoms with Crippen LogP contribution in [0.4, 0.5) is 0 Å². The molecule has 0 saturated heterocycles. The number of rotatable bonds is 5. The van der Waals surface area contributed by atoms with Gasteiger partial charge in [0.2, 0.25) is 0 Å². The van der Waals surface area contributed by atoms with E-state index in [0.717, 1.165) is 44.5 Å². The van der Waals surface area contributed by atoms with Crippen LogP contribution >= 0.6 is 22.7 Å². The summed E-state index contributed by atoms with van der Waals surface area (Å²) in [6.07, 6.45) is 0. The number of benzene rings is 10. The van der Waals surface area contributed by atoms with Crippen molar-refractivity contribution in [1.82, 2.24) is 19.5 Å². The molecule has 0 bridgehead atoms. The molecule has 0 aliphatic rings. The third kappa shape index (κ3) is 5.85. The number of nitrogens with zero attached hydrogens (tertiary/aromatic N) is 4. The minimum Gasteiger partial charge on any atom is -0.309 e. The smallest absolute Gasteiger partial charge is 0.164 e. The molecular weight excluding hydrogens is 829 g/mol. The van der Waals surface area contributed by atoms with Gasteiger partial charge in [0.1, 0.15) is 0 Å². The van der Waals surface area contributed by atoms with Gasteiger partial charge in [-0.05, 0) is 93.3 Å². The fraction of sp³-hybridized carbons (Fsp3) is 0. The van der Waals surface area contributed by atoms with Crippen molar-refractivity contribution in [2.75, 3.05) is 0 Å². The van der Waals surface area contributed by atoms with Crippen LogP contribution in [0.15, 0.2) is 206 Å². The molecule has 6 heteroatoms. The van der Waals surface area contributed by atoms with Crippen molar-refractivity contribution in [3.63, 3.8) is 0 Å². The Balaban J connectivity index is 1.06. The summed E-state index contributed by atoms with van der Waals surface area (Å²) in [6.45, 7) is 0. The third-order valence-corrected chi connectivity index (χ3v) is 15.2. The first-order valence-electron chi connectivity index (χ1n) is 21.8. The van der Waals surface area contributed by atoms with E-state index in [9.17, 15) is 0 Å². The molecule has 65 heavy (non-hydrogen) atoms. The van der Waals surface area contributed by atoms with E-state index in [1.165, 1.54) is 72.7 Å². The average molecular weight is 863 g/mol. The van der Waals surface area contributed by atoms with Crippen LogP contribution in [0.2, 0.25) is 0 Å². The monoisotopic (exact) mass is 862 g/mol. The van der Waals surface area contributed by atoms with Gasteiger partial charge in [0.15, 0.2) is 17.5 Å². The second kappa shape index (κ2) is 14.2. The predicted molar refractivity (Wildman–Crippen MR) is 277 cm³/mol. The van der Waals surface area contributed by atoms with E-state index in [-0.39, 0.29) is 0 Å². The van der Waals surface area contributed by atoms with Gasteiger partial charge in [0.25, 0.3) is 0 Å². The van der Waals surface area contributed by atoms with Gasteiger partial charge in [-0.15, -0.1) is 22.7 Å². The Labute approximate surface area is 381 Å². The fourth-order valence-electron chi connectivity index (χ4n) is 9.89. The van der Waals surface area contributed by atoms with Crippen molar-refractivity contribution in [3.8, 4) is 51.0 Å². The molecule has 10 aromatic carbocycles. The molecule has 0 fully saturated rings. The molecule has 0 unspecified atom stereocenters.